The molecule has 0 aliphatic heterocycles. The minimum Gasteiger partial charge on any atom is -0.462 e. The monoisotopic (exact) mass is 175 g/mol. The molecule has 0 saturated heterocycles. The average Bonchev–Trinajstić information content (AvgIpc) is 2.15. The summed E-state index contributed by atoms with van der Waals surface area (Å²) in [4.78, 5) is 15.0. The van der Waals surface area contributed by atoms with E-state index in [2.05, 4.69) is 10.9 Å². The van der Waals surface area contributed by atoms with Crippen molar-refractivity contribution in [3.63, 3.8) is 0 Å². The highest BCUT2D eigenvalue weighted by molar-refractivity contribution is 5.92. The molecule has 0 aromatic carbocycles. The second-order valence-electron chi connectivity index (χ2n) is 2.54. The van der Waals surface area contributed by atoms with Crippen molar-refractivity contribution >= 4 is 5.78 Å². The molecule has 0 aliphatic carbocycles. The zero-order valence-corrected chi connectivity index (χ0v) is 7.24. The lowest BCUT2D eigenvalue weighted by Gasteiger charge is -1.96. The first-order valence-corrected chi connectivity index (χ1v) is 3.83. The molecule has 13 heavy (non-hydrogen) atoms. The van der Waals surface area contributed by atoms with E-state index in [1.165, 1.54) is 6.92 Å². The Labute approximate surface area is 76.4 Å². The summed E-state index contributed by atoms with van der Waals surface area (Å²) in [5.74, 6) is 2.39. The molecular formula is C10H9NO2. The molecule has 0 radical (unpaired) electrons. The van der Waals surface area contributed by atoms with Crippen molar-refractivity contribution in [2.24, 2.45) is 0 Å². The van der Waals surface area contributed by atoms with Crippen molar-refractivity contribution in [3.8, 4) is 12.0 Å². The number of hydrogen-bond donors (Lipinski definition) is 1. The zero-order chi connectivity index (χ0) is 9.68. The number of carbonyl (C=O) groups is 1. The smallest absolute Gasteiger partial charge is 0.178 e. The topological polar surface area (TPSA) is 50.2 Å². The molecule has 0 fully saturated rings. The lowest BCUT2D eigenvalue weighted by molar-refractivity contribution is 0.101. The van der Waals surface area contributed by atoms with Crippen LogP contribution in [0.3, 0.4) is 0 Å². The molecular weight excluding hydrogens is 166 g/mol. The molecule has 1 aromatic heterocycles. The molecule has 0 saturated carbocycles. The van der Waals surface area contributed by atoms with Crippen molar-refractivity contribution in [2.45, 2.75) is 13.3 Å². The van der Waals surface area contributed by atoms with Gasteiger partial charge < -0.3 is 5.11 Å². The summed E-state index contributed by atoms with van der Waals surface area (Å²) in [5, 5.41) is 8.25. The fourth-order valence-corrected chi connectivity index (χ4v) is 0.904. The maximum absolute atomic E-state index is 10.9. The van der Waals surface area contributed by atoms with Crippen molar-refractivity contribution in [2.75, 3.05) is 0 Å². The van der Waals surface area contributed by atoms with E-state index in [0.717, 1.165) is 0 Å². The highest BCUT2D eigenvalue weighted by atomic mass is 16.2. The van der Waals surface area contributed by atoms with E-state index in [4.69, 9.17) is 5.11 Å². The SMILES string of the molecule is CC(=O)c1cccc(CC#CO)n1. The summed E-state index contributed by atoms with van der Waals surface area (Å²) in [6, 6.07) is 5.16. The van der Waals surface area contributed by atoms with Crippen LogP contribution in [-0.2, 0) is 6.42 Å². The Balaban J connectivity index is 2.89. The van der Waals surface area contributed by atoms with Gasteiger partial charge in [-0.05, 0) is 12.1 Å². The Bertz CT molecular complexity index is 374. The Morgan fingerprint density at radius 3 is 3.00 bits per heavy atom. The molecule has 0 amide bonds. The van der Waals surface area contributed by atoms with Crippen molar-refractivity contribution in [1.29, 1.82) is 0 Å². The number of pyridine rings is 1. The summed E-state index contributed by atoms with van der Waals surface area (Å²) >= 11 is 0. The Kier molecular flexibility index (Phi) is 3.04. The molecule has 0 aliphatic rings. The Hall–Kier alpha value is -1.82. The third-order valence-electron chi connectivity index (χ3n) is 1.52. The minimum atomic E-state index is -0.0705. The summed E-state index contributed by atoms with van der Waals surface area (Å²) in [6.45, 7) is 1.46. The van der Waals surface area contributed by atoms with Crippen molar-refractivity contribution in [1.82, 2.24) is 4.98 Å². The van der Waals surface area contributed by atoms with Crippen LogP contribution >= 0.6 is 0 Å². The van der Waals surface area contributed by atoms with Gasteiger partial charge in [-0.25, -0.2) is 4.98 Å². The number of carbonyl (C=O) groups excluding carboxylic acids is 1. The quantitative estimate of drug-likeness (QED) is 0.542. The number of hydrogen-bond acceptors (Lipinski definition) is 3. The van der Waals surface area contributed by atoms with E-state index in [1.54, 1.807) is 24.3 Å². The normalized spacial score (nSPS) is 8.69. The number of ketones is 1. The molecule has 1 aromatic rings. The molecule has 1 heterocycles. The lowest BCUT2D eigenvalue weighted by atomic mass is 10.2. The van der Waals surface area contributed by atoms with E-state index in [1.807, 2.05) is 0 Å². The third-order valence-corrected chi connectivity index (χ3v) is 1.52. The van der Waals surface area contributed by atoms with Crippen LogP contribution in [0, 0.1) is 12.0 Å². The Morgan fingerprint density at radius 1 is 1.62 bits per heavy atom. The van der Waals surface area contributed by atoms with E-state index in [-0.39, 0.29) is 5.78 Å². The highest BCUT2D eigenvalue weighted by Gasteiger charge is 2.00. The molecule has 0 atom stereocenters. The van der Waals surface area contributed by atoms with Gasteiger partial charge in [-0.1, -0.05) is 12.0 Å². The van der Waals surface area contributed by atoms with Gasteiger partial charge in [0.2, 0.25) is 0 Å². The van der Waals surface area contributed by atoms with Gasteiger partial charge in [0, 0.05) is 6.92 Å². The number of Topliss-reactive ketones (excluding diaryl/α,β-unsaturated/α-hetero) is 1. The summed E-state index contributed by atoms with van der Waals surface area (Å²) in [7, 11) is 0. The van der Waals surface area contributed by atoms with E-state index < -0.39 is 0 Å². The largest absolute Gasteiger partial charge is 0.462 e. The van der Waals surface area contributed by atoms with Crippen LogP contribution in [0.25, 0.3) is 0 Å². The third kappa shape index (κ3) is 2.60. The molecule has 66 valence electrons. The summed E-state index contributed by atoms with van der Waals surface area (Å²) in [6.07, 6.45) is 2.15. The second-order valence-corrected chi connectivity index (χ2v) is 2.54. The lowest BCUT2D eigenvalue weighted by Crippen LogP contribution is -1.99. The van der Waals surface area contributed by atoms with Crippen molar-refractivity contribution in [3.05, 3.63) is 29.6 Å². The van der Waals surface area contributed by atoms with Crippen LogP contribution in [0.15, 0.2) is 18.2 Å². The van der Waals surface area contributed by atoms with Gasteiger partial charge in [0.1, 0.15) is 11.8 Å². The second kappa shape index (κ2) is 4.27. The molecule has 1 rings (SSSR count). The van der Waals surface area contributed by atoms with E-state index in [0.29, 0.717) is 17.8 Å². The number of aliphatic hydroxyl groups excluding tert-OH is 1. The highest BCUT2D eigenvalue weighted by Crippen LogP contribution is 2.00. The molecule has 1 N–H and O–H groups in total. The van der Waals surface area contributed by atoms with Gasteiger partial charge in [0.25, 0.3) is 0 Å². The van der Waals surface area contributed by atoms with E-state index in [9.17, 15) is 4.79 Å². The molecule has 0 unspecified atom stereocenters. The number of aromatic nitrogens is 1. The van der Waals surface area contributed by atoms with Gasteiger partial charge in [0.05, 0.1) is 12.1 Å². The van der Waals surface area contributed by atoms with E-state index >= 15 is 0 Å². The first kappa shape index (κ1) is 9.27. The molecule has 3 nitrogen and oxygen atoms in total. The van der Waals surface area contributed by atoms with Crippen LogP contribution in [0.5, 0.6) is 0 Å². The molecule has 0 spiro atoms. The van der Waals surface area contributed by atoms with Gasteiger partial charge in [-0.3, -0.25) is 4.79 Å². The van der Waals surface area contributed by atoms with Crippen LogP contribution < -0.4 is 0 Å². The first-order valence-electron chi connectivity index (χ1n) is 3.83. The predicted molar refractivity (Wildman–Crippen MR) is 47.7 cm³/mol. The maximum atomic E-state index is 10.9. The predicted octanol–water partition coefficient (Wildman–Crippen LogP) is 1.16. The van der Waals surface area contributed by atoms with Gasteiger partial charge in [-0.2, -0.15) is 0 Å². The van der Waals surface area contributed by atoms with Crippen LogP contribution in [0.4, 0.5) is 0 Å². The summed E-state index contributed by atoms with van der Waals surface area (Å²) in [5.41, 5.74) is 1.12. The van der Waals surface area contributed by atoms with Gasteiger partial charge in [-0.15, -0.1) is 0 Å². The summed E-state index contributed by atoms with van der Waals surface area (Å²) < 4.78 is 0. The molecule has 0 bridgehead atoms. The zero-order valence-electron chi connectivity index (χ0n) is 7.24. The van der Waals surface area contributed by atoms with Crippen LogP contribution in [0.2, 0.25) is 0 Å². The Morgan fingerprint density at radius 2 is 2.38 bits per heavy atom. The number of aliphatic hydroxyl groups is 1. The fraction of sp³-hybridized carbons (Fsp3) is 0.200. The van der Waals surface area contributed by atoms with Gasteiger partial charge >= 0.3 is 0 Å². The van der Waals surface area contributed by atoms with Gasteiger partial charge in [0.15, 0.2) is 5.78 Å². The number of rotatable bonds is 2. The standard InChI is InChI=1S/C10H9NO2/c1-8(13)10-6-2-4-9(11-10)5-3-7-12/h2,4,6,12H,5H2,1H3. The van der Waals surface area contributed by atoms with Crippen LogP contribution in [-0.4, -0.2) is 15.9 Å². The fourth-order valence-electron chi connectivity index (χ4n) is 0.904. The van der Waals surface area contributed by atoms with Crippen LogP contribution in [0.1, 0.15) is 23.1 Å². The minimum absolute atomic E-state index is 0.0705. The number of nitrogens with zero attached hydrogens (tertiary/aromatic N) is 1. The van der Waals surface area contributed by atoms with Crippen molar-refractivity contribution < 1.29 is 9.90 Å². The molecule has 3 heteroatoms. The first-order chi connectivity index (χ1) is 6.24. The maximum Gasteiger partial charge on any atom is 0.178 e. The average molecular weight is 175 g/mol.